The number of hydrogen-bond donors (Lipinski definition) is 0. The lowest BCUT2D eigenvalue weighted by Crippen LogP contribution is -3.00. The van der Waals surface area contributed by atoms with Crippen molar-refractivity contribution < 1.29 is 37.6 Å². The van der Waals surface area contributed by atoms with Crippen molar-refractivity contribution in [3.05, 3.63) is 48.5 Å². The minimum absolute atomic E-state index is 0. The third-order valence-electron chi connectivity index (χ3n) is 3.34. The highest BCUT2D eigenvalue weighted by Crippen LogP contribution is 2.32. The van der Waals surface area contributed by atoms with Crippen molar-refractivity contribution in [1.29, 1.82) is 0 Å². The highest BCUT2D eigenvalue weighted by atomic mass is 35.5. The molecule has 0 N–H and O–H groups in total. The first-order chi connectivity index (χ1) is 11.2. The van der Waals surface area contributed by atoms with Gasteiger partial charge < -0.3 is 12.4 Å². The lowest BCUT2D eigenvalue weighted by molar-refractivity contribution is -0.0000116. The van der Waals surface area contributed by atoms with Crippen LogP contribution in [0, 0.1) is 0 Å². The highest BCUT2D eigenvalue weighted by Gasteiger charge is 2.34. The maximum atomic E-state index is 12.1. The van der Waals surface area contributed by atoms with Gasteiger partial charge in [0.2, 0.25) is 0 Å². The first-order valence-electron chi connectivity index (χ1n) is 6.70. The lowest BCUT2D eigenvalue weighted by atomic mass is 10.4. The molecular formula is C15H17ClO6S3. The van der Waals surface area contributed by atoms with E-state index in [0.717, 1.165) is 14.2 Å². The van der Waals surface area contributed by atoms with Crippen molar-refractivity contribution in [3.8, 4) is 0 Å². The zero-order valence-electron chi connectivity index (χ0n) is 13.7. The van der Waals surface area contributed by atoms with Crippen LogP contribution in [-0.2, 0) is 39.5 Å². The minimum atomic E-state index is -3.91. The van der Waals surface area contributed by atoms with Crippen LogP contribution >= 0.6 is 0 Å². The van der Waals surface area contributed by atoms with Crippen molar-refractivity contribution >= 4 is 31.1 Å². The molecule has 0 aromatic heterocycles. The fourth-order valence-electron chi connectivity index (χ4n) is 2.12. The zero-order valence-corrected chi connectivity index (χ0v) is 16.9. The van der Waals surface area contributed by atoms with Crippen molar-refractivity contribution in [2.75, 3.05) is 20.5 Å². The molecule has 0 aliphatic rings. The molecule has 0 atom stereocenters. The van der Waals surface area contributed by atoms with E-state index in [1.807, 2.05) is 0 Å². The molecule has 0 fully saturated rings. The Morgan fingerprint density at radius 3 is 1.36 bits per heavy atom. The van der Waals surface area contributed by atoms with Crippen LogP contribution in [0.3, 0.4) is 0 Å². The summed E-state index contributed by atoms with van der Waals surface area (Å²) in [7, 11) is -6.48. The van der Waals surface area contributed by atoms with Crippen LogP contribution in [0.15, 0.2) is 68.1 Å². The molecule has 0 bridgehead atoms. The van der Waals surface area contributed by atoms with Crippen LogP contribution < -0.4 is 12.4 Å². The molecule has 2 aromatic carbocycles. The summed E-state index contributed by atoms with van der Waals surface area (Å²) in [5.74, 6) is 0. The van der Waals surface area contributed by atoms with Gasteiger partial charge in [-0.2, -0.15) is 16.8 Å². The average molecular weight is 425 g/mol. The molecule has 0 heterocycles. The normalized spacial score (nSPS) is 12.0. The second-order valence-corrected chi connectivity index (χ2v) is 9.91. The van der Waals surface area contributed by atoms with Crippen LogP contribution in [0.1, 0.15) is 0 Å². The van der Waals surface area contributed by atoms with E-state index in [4.69, 9.17) is 0 Å². The molecule has 0 saturated heterocycles. The smallest absolute Gasteiger partial charge is 0.301 e. The van der Waals surface area contributed by atoms with E-state index in [2.05, 4.69) is 8.37 Å². The molecule has 0 aliphatic carbocycles. The van der Waals surface area contributed by atoms with E-state index >= 15 is 0 Å². The maximum absolute atomic E-state index is 12.1. The molecule has 0 radical (unpaired) electrons. The summed E-state index contributed by atoms with van der Waals surface area (Å²) in [6.07, 6.45) is 1.76. The Morgan fingerprint density at radius 2 is 1.04 bits per heavy atom. The summed E-state index contributed by atoms with van der Waals surface area (Å²) < 4.78 is 57.7. The number of hydrogen-bond acceptors (Lipinski definition) is 6. The van der Waals surface area contributed by atoms with E-state index in [9.17, 15) is 16.8 Å². The van der Waals surface area contributed by atoms with Gasteiger partial charge in [0.15, 0.2) is 9.79 Å². The maximum Gasteiger partial charge on any atom is 0.301 e. The van der Waals surface area contributed by atoms with Gasteiger partial charge in [-0.15, -0.1) is 0 Å². The Bertz CT molecular complexity index is 864. The predicted molar refractivity (Wildman–Crippen MR) is 91.1 cm³/mol. The van der Waals surface area contributed by atoms with Gasteiger partial charge in [0.05, 0.1) is 25.1 Å². The Kier molecular flexibility index (Phi) is 7.48. The molecule has 6 nitrogen and oxygen atoms in total. The van der Waals surface area contributed by atoms with Gasteiger partial charge in [-0.25, -0.2) is 0 Å². The van der Waals surface area contributed by atoms with Crippen LogP contribution in [0.4, 0.5) is 0 Å². The molecule has 0 amide bonds. The summed E-state index contributed by atoms with van der Waals surface area (Å²) in [4.78, 5) is 0.974. The number of rotatable bonds is 6. The summed E-state index contributed by atoms with van der Waals surface area (Å²) in [5.41, 5.74) is 0. The number of benzene rings is 2. The third-order valence-corrected chi connectivity index (χ3v) is 8.29. The molecule has 0 aliphatic heterocycles. The molecular weight excluding hydrogens is 408 g/mol. The van der Waals surface area contributed by atoms with E-state index in [1.165, 1.54) is 12.1 Å². The molecule has 138 valence electrons. The van der Waals surface area contributed by atoms with Gasteiger partial charge in [-0.05, 0) is 24.3 Å². The SMILES string of the molecule is COS(=O)(=O)c1ccccc1[S+](C)c1ccccc1S(=O)(=O)OC.[Cl-]. The zero-order chi connectivity index (χ0) is 18.0. The second-order valence-electron chi connectivity index (χ2n) is 4.65. The van der Waals surface area contributed by atoms with Crippen LogP contribution in [-0.4, -0.2) is 37.3 Å². The van der Waals surface area contributed by atoms with Crippen molar-refractivity contribution in [1.82, 2.24) is 0 Å². The molecule has 0 saturated carbocycles. The highest BCUT2D eigenvalue weighted by molar-refractivity contribution is 7.98. The molecule has 25 heavy (non-hydrogen) atoms. The van der Waals surface area contributed by atoms with Gasteiger partial charge in [0, 0.05) is 0 Å². The second kappa shape index (κ2) is 8.52. The van der Waals surface area contributed by atoms with E-state index < -0.39 is 31.1 Å². The first-order valence-corrected chi connectivity index (χ1v) is 11.1. The molecule has 2 aromatic rings. The van der Waals surface area contributed by atoms with Crippen molar-refractivity contribution in [3.63, 3.8) is 0 Å². The summed E-state index contributed by atoms with van der Waals surface area (Å²) in [6.45, 7) is 0. The van der Waals surface area contributed by atoms with Gasteiger partial charge in [0.25, 0.3) is 0 Å². The Hall–Kier alpha value is -1.10. The topological polar surface area (TPSA) is 86.7 Å². The number of halogens is 1. The van der Waals surface area contributed by atoms with E-state index in [-0.39, 0.29) is 22.2 Å². The monoisotopic (exact) mass is 424 g/mol. The molecule has 0 unspecified atom stereocenters. The summed E-state index contributed by atoms with van der Waals surface area (Å²) >= 11 is 0. The van der Waals surface area contributed by atoms with Gasteiger partial charge in [-0.1, -0.05) is 24.3 Å². The van der Waals surface area contributed by atoms with Crippen LogP contribution in [0.25, 0.3) is 0 Å². The van der Waals surface area contributed by atoms with Crippen molar-refractivity contribution in [2.24, 2.45) is 0 Å². The minimum Gasteiger partial charge on any atom is -1.00 e. The van der Waals surface area contributed by atoms with Gasteiger partial charge >= 0.3 is 20.2 Å². The first kappa shape index (κ1) is 21.9. The van der Waals surface area contributed by atoms with Gasteiger partial charge in [0.1, 0.15) is 16.0 Å². The predicted octanol–water partition coefficient (Wildman–Crippen LogP) is -0.973. The lowest BCUT2D eigenvalue weighted by Gasteiger charge is -2.11. The largest absolute Gasteiger partial charge is 1.00 e. The fraction of sp³-hybridized carbons (Fsp3) is 0.200. The van der Waals surface area contributed by atoms with E-state index in [0.29, 0.717) is 9.79 Å². The Morgan fingerprint density at radius 1 is 0.720 bits per heavy atom. The molecule has 10 heteroatoms. The van der Waals surface area contributed by atoms with Crippen LogP contribution in [0.5, 0.6) is 0 Å². The standard InChI is InChI=1S/C15H17O6S3.ClH/c1-20-23(16,17)14-10-6-4-8-12(14)22(3)13-9-5-7-11-15(13)24(18,19)21-2;/h4-11H,1-3H3;1H/q+1;/p-1. The Labute approximate surface area is 157 Å². The van der Waals surface area contributed by atoms with E-state index in [1.54, 1.807) is 42.7 Å². The summed E-state index contributed by atoms with van der Waals surface area (Å²) in [6, 6.07) is 12.7. The molecule has 2 rings (SSSR count). The van der Waals surface area contributed by atoms with Crippen LogP contribution in [0.2, 0.25) is 0 Å². The summed E-state index contributed by atoms with van der Waals surface area (Å²) in [5, 5.41) is 0. The fourth-order valence-corrected chi connectivity index (χ4v) is 6.50. The Balaban J connectivity index is 0.00000312. The molecule has 0 spiro atoms. The van der Waals surface area contributed by atoms with Crippen molar-refractivity contribution in [2.45, 2.75) is 19.6 Å². The average Bonchev–Trinajstić information content (AvgIpc) is 2.61. The van der Waals surface area contributed by atoms with Gasteiger partial charge in [-0.3, -0.25) is 8.37 Å². The quantitative estimate of drug-likeness (QED) is 0.438. The third kappa shape index (κ3) is 4.55.